The number of carbonyl (C=O) groups is 1. The number of anilines is 1. The molecule has 0 saturated carbocycles. The van der Waals surface area contributed by atoms with Gasteiger partial charge in [-0.15, -0.1) is 0 Å². The van der Waals surface area contributed by atoms with Crippen molar-refractivity contribution in [1.29, 1.82) is 0 Å². The molecule has 28 heavy (non-hydrogen) atoms. The summed E-state index contributed by atoms with van der Waals surface area (Å²) in [6.45, 7) is 5.32. The van der Waals surface area contributed by atoms with E-state index in [1.54, 1.807) is 0 Å². The number of carbonyl (C=O) groups excluding carboxylic acids is 1. The lowest BCUT2D eigenvalue weighted by molar-refractivity contribution is -0.384. The Morgan fingerprint density at radius 2 is 2.29 bits per heavy atom. The normalized spacial score (nSPS) is 16.3. The monoisotopic (exact) mass is 408 g/mol. The van der Waals surface area contributed by atoms with Gasteiger partial charge in [-0.3, -0.25) is 14.9 Å². The number of amides is 1. The highest BCUT2D eigenvalue weighted by Crippen LogP contribution is 2.25. The predicted molar refractivity (Wildman–Crippen MR) is 103 cm³/mol. The molecule has 1 aromatic carbocycles. The molecule has 1 N–H and O–H groups in total. The van der Waals surface area contributed by atoms with Gasteiger partial charge in [0.2, 0.25) is 5.91 Å². The van der Waals surface area contributed by atoms with Crippen LogP contribution in [-0.2, 0) is 16.1 Å². The lowest BCUT2D eigenvalue weighted by Gasteiger charge is -2.14. The second-order valence-electron chi connectivity index (χ2n) is 6.57. The Hall–Kier alpha value is -2.46. The molecule has 0 aliphatic carbocycles. The van der Waals surface area contributed by atoms with Gasteiger partial charge in [0.15, 0.2) is 5.16 Å². The van der Waals surface area contributed by atoms with E-state index >= 15 is 0 Å². The predicted octanol–water partition coefficient (Wildman–Crippen LogP) is 3.46. The van der Waals surface area contributed by atoms with Crippen LogP contribution in [0.5, 0.6) is 0 Å². The van der Waals surface area contributed by atoms with Gasteiger partial charge in [-0.05, 0) is 32.8 Å². The molecule has 3 rings (SSSR count). The van der Waals surface area contributed by atoms with Crippen LogP contribution in [0.1, 0.15) is 24.2 Å². The second kappa shape index (κ2) is 8.70. The Labute approximate surface area is 165 Å². The highest BCUT2D eigenvalue weighted by Gasteiger charge is 2.21. The van der Waals surface area contributed by atoms with Crippen molar-refractivity contribution >= 4 is 29.0 Å². The van der Waals surface area contributed by atoms with Gasteiger partial charge in [0.05, 0.1) is 34.7 Å². The molecule has 1 amide bonds. The fourth-order valence-corrected chi connectivity index (χ4v) is 3.88. The minimum atomic E-state index is -0.726. The Bertz CT molecular complexity index is 896. The van der Waals surface area contributed by atoms with Crippen molar-refractivity contribution in [2.24, 2.45) is 0 Å². The van der Waals surface area contributed by atoms with Gasteiger partial charge in [0.1, 0.15) is 5.82 Å². The number of aromatic nitrogens is 2. The van der Waals surface area contributed by atoms with E-state index in [4.69, 9.17) is 4.74 Å². The summed E-state index contributed by atoms with van der Waals surface area (Å²) in [5, 5.41) is 13.9. The van der Waals surface area contributed by atoms with Crippen LogP contribution in [0.15, 0.2) is 23.4 Å². The molecule has 1 aromatic heterocycles. The number of ether oxygens (including phenoxy) is 1. The molecule has 0 bridgehead atoms. The van der Waals surface area contributed by atoms with Gasteiger partial charge < -0.3 is 14.6 Å². The van der Waals surface area contributed by atoms with E-state index in [9.17, 15) is 19.3 Å². The van der Waals surface area contributed by atoms with Crippen LogP contribution in [0.4, 0.5) is 15.8 Å². The summed E-state index contributed by atoms with van der Waals surface area (Å²) in [6, 6.07) is 3.01. The van der Waals surface area contributed by atoms with Gasteiger partial charge >= 0.3 is 0 Å². The molecule has 10 heteroatoms. The SMILES string of the molecule is Cc1nc(SCC(=O)Nc2cc([N+](=O)[O-])ccc2F)n(C[C@H]2CCCO2)c1C. The number of nitrogens with one attached hydrogen (secondary N) is 1. The zero-order chi connectivity index (χ0) is 20.3. The second-order valence-corrected chi connectivity index (χ2v) is 7.51. The molecule has 0 spiro atoms. The van der Waals surface area contributed by atoms with Crippen molar-refractivity contribution < 1.29 is 18.8 Å². The zero-order valence-electron chi connectivity index (χ0n) is 15.6. The molecule has 8 nitrogen and oxygen atoms in total. The molecule has 2 aromatic rings. The minimum absolute atomic E-state index is 0.00352. The third kappa shape index (κ3) is 4.68. The summed E-state index contributed by atoms with van der Waals surface area (Å²) in [7, 11) is 0. The van der Waals surface area contributed by atoms with Gasteiger partial charge in [0.25, 0.3) is 5.69 Å². The van der Waals surface area contributed by atoms with Gasteiger partial charge in [-0.2, -0.15) is 0 Å². The first-order chi connectivity index (χ1) is 13.3. The van der Waals surface area contributed by atoms with Crippen molar-refractivity contribution in [3.8, 4) is 0 Å². The summed E-state index contributed by atoms with van der Waals surface area (Å²) in [4.78, 5) is 26.9. The molecule has 1 saturated heterocycles. The van der Waals surface area contributed by atoms with Crippen molar-refractivity contribution in [1.82, 2.24) is 9.55 Å². The Morgan fingerprint density at radius 3 is 2.96 bits per heavy atom. The number of benzene rings is 1. The molecular weight excluding hydrogens is 387 g/mol. The van der Waals surface area contributed by atoms with Gasteiger partial charge in [-0.25, -0.2) is 9.37 Å². The highest BCUT2D eigenvalue weighted by atomic mass is 32.2. The van der Waals surface area contributed by atoms with Crippen LogP contribution in [0.3, 0.4) is 0 Å². The van der Waals surface area contributed by atoms with E-state index < -0.39 is 16.6 Å². The Morgan fingerprint density at radius 1 is 1.50 bits per heavy atom. The molecule has 1 fully saturated rings. The highest BCUT2D eigenvalue weighted by molar-refractivity contribution is 7.99. The summed E-state index contributed by atoms with van der Waals surface area (Å²) < 4.78 is 21.6. The third-order valence-electron chi connectivity index (χ3n) is 4.60. The number of imidazole rings is 1. The maximum absolute atomic E-state index is 13.8. The van der Waals surface area contributed by atoms with Gasteiger partial charge in [-0.1, -0.05) is 11.8 Å². The number of thioether (sulfide) groups is 1. The third-order valence-corrected chi connectivity index (χ3v) is 5.58. The largest absolute Gasteiger partial charge is 0.376 e. The van der Waals surface area contributed by atoms with Crippen molar-refractivity contribution in [3.63, 3.8) is 0 Å². The number of nitrogens with zero attached hydrogens (tertiary/aromatic N) is 3. The lowest BCUT2D eigenvalue weighted by atomic mass is 10.2. The number of non-ortho nitro benzene ring substituents is 1. The summed E-state index contributed by atoms with van der Waals surface area (Å²) in [6.07, 6.45) is 2.17. The van der Waals surface area contributed by atoms with E-state index in [1.165, 1.54) is 11.8 Å². The van der Waals surface area contributed by atoms with Crippen LogP contribution >= 0.6 is 11.8 Å². The fourth-order valence-electron chi connectivity index (χ4n) is 2.98. The number of hydrogen-bond donors (Lipinski definition) is 1. The van der Waals surface area contributed by atoms with Crippen molar-refractivity contribution in [2.45, 2.75) is 44.5 Å². The molecule has 1 aliphatic heterocycles. The maximum atomic E-state index is 13.8. The Kier molecular flexibility index (Phi) is 6.30. The molecule has 0 unspecified atom stereocenters. The van der Waals surface area contributed by atoms with E-state index in [0.717, 1.165) is 49.0 Å². The molecule has 1 atom stereocenters. The number of nitro benzene ring substituents is 1. The van der Waals surface area contributed by atoms with Crippen LogP contribution < -0.4 is 5.32 Å². The number of aryl methyl sites for hydroxylation is 1. The van der Waals surface area contributed by atoms with E-state index in [1.807, 2.05) is 18.4 Å². The lowest BCUT2D eigenvalue weighted by Crippen LogP contribution is -2.18. The number of rotatable bonds is 7. The van der Waals surface area contributed by atoms with E-state index in [0.29, 0.717) is 11.7 Å². The van der Waals surface area contributed by atoms with E-state index in [-0.39, 0.29) is 23.2 Å². The van der Waals surface area contributed by atoms with Crippen molar-refractivity contribution in [3.05, 3.63) is 45.5 Å². The molecule has 0 radical (unpaired) electrons. The van der Waals surface area contributed by atoms with Crippen LogP contribution in [0, 0.1) is 29.8 Å². The fraction of sp³-hybridized carbons (Fsp3) is 0.444. The quantitative estimate of drug-likeness (QED) is 0.428. The summed E-state index contributed by atoms with van der Waals surface area (Å²) in [5.41, 5.74) is 1.39. The maximum Gasteiger partial charge on any atom is 0.271 e. The first-order valence-corrected chi connectivity index (χ1v) is 9.85. The Balaban J connectivity index is 1.65. The number of nitro groups is 1. The first kappa shape index (κ1) is 20.3. The zero-order valence-corrected chi connectivity index (χ0v) is 16.4. The van der Waals surface area contributed by atoms with Crippen LogP contribution in [-0.4, -0.2) is 38.8 Å². The standard InChI is InChI=1S/C18H21FN4O4S/c1-11-12(2)22(9-14-4-3-7-27-14)18(20-11)28-10-17(24)21-16-8-13(23(25)26)5-6-15(16)19/h5-6,8,14H,3-4,7,9-10H2,1-2H3,(H,21,24)/t14-/m1/s1. The summed E-state index contributed by atoms with van der Waals surface area (Å²) >= 11 is 1.24. The average Bonchev–Trinajstić information content (AvgIpc) is 3.25. The van der Waals surface area contributed by atoms with Crippen LogP contribution in [0.25, 0.3) is 0 Å². The molecular formula is C18H21FN4O4S. The first-order valence-electron chi connectivity index (χ1n) is 8.87. The van der Waals surface area contributed by atoms with Gasteiger partial charge in [0, 0.05) is 24.4 Å². The molecule has 150 valence electrons. The smallest absolute Gasteiger partial charge is 0.271 e. The molecule has 2 heterocycles. The minimum Gasteiger partial charge on any atom is -0.376 e. The van der Waals surface area contributed by atoms with Crippen LogP contribution in [0.2, 0.25) is 0 Å². The van der Waals surface area contributed by atoms with Crippen molar-refractivity contribution in [2.75, 3.05) is 17.7 Å². The number of halogens is 1. The molecule has 1 aliphatic rings. The van der Waals surface area contributed by atoms with E-state index in [2.05, 4.69) is 10.3 Å². The topological polar surface area (TPSA) is 99.3 Å². The summed E-state index contributed by atoms with van der Waals surface area (Å²) in [5.74, 6) is -1.19. The average molecular weight is 408 g/mol. The number of hydrogen-bond acceptors (Lipinski definition) is 6.